The minimum atomic E-state index is -0.177. The van der Waals surface area contributed by atoms with Crippen LogP contribution in [-0.2, 0) is 0 Å². The number of fused-ring (bicyclic) bond motifs is 1. The van der Waals surface area contributed by atoms with Crippen molar-refractivity contribution in [1.29, 1.82) is 0 Å². The van der Waals surface area contributed by atoms with Gasteiger partial charge in [0.05, 0.1) is 5.56 Å². The number of aryl methyl sites for hydroxylation is 1. The lowest BCUT2D eigenvalue weighted by Crippen LogP contribution is -2.50. The van der Waals surface area contributed by atoms with E-state index in [9.17, 15) is 9.90 Å². The van der Waals surface area contributed by atoms with E-state index in [0.717, 1.165) is 36.4 Å². The summed E-state index contributed by atoms with van der Waals surface area (Å²) >= 11 is 0. The molecule has 0 bridgehead atoms. The molecule has 1 aliphatic heterocycles. The van der Waals surface area contributed by atoms with Crippen LogP contribution >= 0.6 is 0 Å². The average Bonchev–Trinajstić information content (AvgIpc) is 2.60. The van der Waals surface area contributed by atoms with Crippen LogP contribution in [0.25, 0.3) is 0 Å². The molecule has 1 aliphatic carbocycles. The van der Waals surface area contributed by atoms with Gasteiger partial charge in [-0.3, -0.25) is 9.69 Å². The average molecular weight is 344 g/mol. The molecular weight excluding hydrogens is 312 g/mol. The predicted octanol–water partition coefficient (Wildman–Crippen LogP) is 3.72. The summed E-state index contributed by atoms with van der Waals surface area (Å²) < 4.78 is 0. The van der Waals surface area contributed by atoms with Crippen LogP contribution in [0.4, 0.5) is 0 Å². The Bertz CT molecular complexity index is 602. The lowest BCUT2D eigenvalue weighted by molar-refractivity contribution is 0.0329. The Morgan fingerprint density at radius 1 is 1.32 bits per heavy atom. The van der Waals surface area contributed by atoms with Gasteiger partial charge in [0.15, 0.2) is 0 Å². The lowest BCUT2D eigenvalue weighted by atomic mass is 9.75. The molecule has 0 radical (unpaired) electrons. The third-order valence-corrected chi connectivity index (χ3v) is 5.89. The monoisotopic (exact) mass is 344 g/mol. The minimum Gasteiger partial charge on any atom is -0.507 e. The number of nitrogens with zero attached hydrogens (tertiary/aromatic N) is 1. The summed E-state index contributed by atoms with van der Waals surface area (Å²) in [7, 11) is 0. The Balaban J connectivity index is 1.47. The molecule has 138 valence electrons. The third kappa shape index (κ3) is 4.55. The van der Waals surface area contributed by atoms with Crippen molar-refractivity contribution in [3.8, 4) is 5.75 Å². The number of hydrogen-bond donors (Lipinski definition) is 2. The zero-order valence-corrected chi connectivity index (χ0v) is 15.6. The molecule has 2 fully saturated rings. The van der Waals surface area contributed by atoms with E-state index in [1.54, 1.807) is 12.1 Å². The normalized spacial score (nSPS) is 26.9. The summed E-state index contributed by atoms with van der Waals surface area (Å²) in [6.45, 7) is 7.22. The highest BCUT2D eigenvalue weighted by molar-refractivity contribution is 5.96. The molecule has 0 spiro atoms. The van der Waals surface area contributed by atoms with E-state index in [1.165, 1.54) is 38.6 Å². The van der Waals surface area contributed by atoms with Gasteiger partial charge in [-0.2, -0.15) is 0 Å². The van der Waals surface area contributed by atoms with E-state index in [2.05, 4.69) is 17.1 Å². The van der Waals surface area contributed by atoms with Crippen LogP contribution < -0.4 is 5.32 Å². The minimum absolute atomic E-state index is 0.0537. The SMILES string of the molecule is Cc1ccc(O)c(C(=O)NCCCN2C[C@H](C)C[C@@H]3CCCC[C@@H]32)c1. The van der Waals surface area contributed by atoms with Crippen LogP contribution in [0.3, 0.4) is 0 Å². The number of aromatic hydroxyl groups is 1. The predicted molar refractivity (Wildman–Crippen MR) is 101 cm³/mol. The Morgan fingerprint density at radius 3 is 2.96 bits per heavy atom. The first-order valence-corrected chi connectivity index (χ1v) is 9.86. The molecule has 2 aliphatic rings. The first-order chi connectivity index (χ1) is 12.0. The number of carbonyl (C=O) groups excluding carboxylic acids is 1. The van der Waals surface area contributed by atoms with Crippen LogP contribution in [0.2, 0.25) is 0 Å². The number of piperidine rings is 1. The van der Waals surface area contributed by atoms with Crippen LogP contribution in [-0.4, -0.2) is 41.6 Å². The van der Waals surface area contributed by atoms with Gasteiger partial charge in [0.25, 0.3) is 5.91 Å². The van der Waals surface area contributed by atoms with Crippen LogP contribution in [0, 0.1) is 18.8 Å². The van der Waals surface area contributed by atoms with Crippen molar-refractivity contribution in [2.45, 2.75) is 58.4 Å². The highest BCUT2D eigenvalue weighted by atomic mass is 16.3. The fourth-order valence-electron chi connectivity index (χ4n) is 4.74. The quantitative estimate of drug-likeness (QED) is 0.801. The second-order valence-electron chi connectivity index (χ2n) is 8.08. The number of rotatable bonds is 5. The van der Waals surface area contributed by atoms with Gasteiger partial charge in [0.1, 0.15) is 5.75 Å². The van der Waals surface area contributed by atoms with Crippen molar-refractivity contribution in [2.75, 3.05) is 19.6 Å². The Labute approximate surface area is 151 Å². The number of amides is 1. The number of likely N-dealkylation sites (tertiary alicyclic amines) is 1. The van der Waals surface area contributed by atoms with Crippen LogP contribution in [0.1, 0.15) is 61.4 Å². The van der Waals surface area contributed by atoms with Gasteiger partial charge in [-0.25, -0.2) is 0 Å². The van der Waals surface area contributed by atoms with E-state index in [0.29, 0.717) is 12.1 Å². The first-order valence-electron chi connectivity index (χ1n) is 9.86. The molecule has 1 amide bonds. The summed E-state index contributed by atoms with van der Waals surface area (Å²) in [4.78, 5) is 14.9. The van der Waals surface area contributed by atoms with Crippen molar-refractivity contribution in [1.82, 2.24) is 10.2 Å². The maximum absolute atomic E-state index is 12.3. The summed E-state index contributed by atoms with van der Waals surface area (Å²) in [6, 6.07) is 5.90. The molecule has 4 nitrogen and oxygen atoms in total. The molecule has 1 saturated carbocycles. The van der Waals surface area contributed by atoms with Gasteiger partial charge < -0.3 is 10.4 Å². The molecule has 0 unspecified atom stereocenters. The number of nitrogens with one attached hydrogen (secondary N) is 1. The van der Waals surface area contributed by atoms with Gasteiger partial charge in [-0.15, -0.1) is 0 Å². The molecule has 4 heteroatoms. The van der Waals surface area contributed by atoms with Crippen molar-refractivity contribution in [3.05, 3.63) is 29.3 Å². The van der Waals surface area contributed by atoms with Crippen molar-refractivity contribution in [3.63, 3.8) is 0 Å². The van der Waals surface area contributed by atoms with Crippen LogP contribution in [0.15, 0.2) is 18.2 Å². The van der Waals surface area contributed by atoms with E-state index in [-0.39, 0.29) is 11.7 Å². The van der Waals surface area contributed by atoms with E-state index in [4.69, 9.17) is 0 Å². The van der Waals surface area contributed by atoms with Crippen molar-refractivity contribution >= 4 is 5.91 Å². The number of carbonyl (C=O) groups is 1. The molecule has 0 aromatic heterocycles. The van der Waals surface area contributed by atoms with E-state index in [1.807, 2.05) is 13.0 Å². The summed E-state index contributed by atoms with van der Waals surface area (Å²) in [5.41, 5.74) is 1.35. The topological polar surface area (TPSA) is 52.6 Å². The highest BCUT2D eigenvalue weighted by Crippen LogP contribution is 2.37. The molecule has 25 heavy (non-hydrogen) atoms. The maximum Gasteiger partial charge on any atom is 0.255 e. The number of phenols is 1. The lowest BCUT2D eigenvalue weighted by Gasteiger charge is -2.46. The smallest absolute Gasteiger partial charge is 0.255 e. The molecule has 3 rings (SSSR count). The maximum atomic E-state index is 12.3. The second kappa shape index (κ2) is 8.22. The largest absolute Gasteiger partial charge is 0.507 e. The number of hydrogen-bond acceptors (Lipinski definition) is 3. The molecule has 1 heterocycles. The van der Waals surface area contributed by atoms with Crippen molar-refractivity contribution in [2.24, 2.45) is 11.8 Å². The Morgan fingerprint density at radius 2 is 2.12 bits per heavy atom. The van der Waals surface area contributed by atoms with Crippen LogP contribution in [0.5, 0.6) is 5.75 Å². The van der Waals surface area contributed by atoms with E-state index < -0.39 is 0 Å². The summed E-state index contributed by atoms with van der Waals surface area (Å²) in [5, 5.41) is 12.8. The fraction of sp³-hybridized carbons (Fsp3) is 0.667. The molecule has 3 atom stereocenters. The zero-order valence-electron chi connectivity index (χ0n) is 15.6. The summed E-state index contributed by atoms with van der Waals surface area (Å²) in [6.07, 6.45) is 7.88. The Kier molecular flexibility index (Phi) is 6.00. The molecule has 1 aromatic carbocycles. The highest BCUT2D eigenvalue weighted by Gasteiger charge is 2.35. The molecule has 1 aromatic rings. The standard InChI is InChI=1S/C21H32N2O2/c1-15-8-9-20(24)18(13-15)21(25)22-10-5-11-23-14-16(2)12-17-6-3-4-7-19(17)23/h8-9,13,16-17,19,24H,3-7,10-12,14H2,1-2H3,(H,22,25)/t16-,17+,19+/m1/s1. The van der Waals surface area contributed by atoms with Crippen molar-refractivity contribution < 1.29 is 9.90 Å². The second-order valence-corrected chi connectivity index (χ2v) is 8.08. The van der Waals surface area contributed by atoms with E-state index >= 15 is 0 Å². The zero-order chi connectivity index (χ0) is 17.8. The fourth-order valence-corrected chi connectivity index (χ4v) is 4.74. The molecular formula is C21H32N2O2. The molecule has 2 N–H and O–H groups in total. The van der Waals surface area contributed by atoms with Gasteiger partial charge >= 0.3 is 0 Å². The molecule has 1 saturated heterocycles. The van der Waals surface area contributed by atoms with Gasteiger partial charge in [0, 0.05) is 25.7 Å². The van der Waals surface area contributed by atoms with Gasteiger partial charge in [0.2, 0.25) is 0 Å². The summed E-state index contributed by atoms with van der Waals surface area (Å²) in [5.74, 6) is 1.55. The number of benzene rings is 1. The van der Waals surface area contributed by atoms with Gasteiger partial charge in [-0.05, 0) is 56.6 Å². The number of phenolic OH excluding ortho intramolecular Hbond substituents is 1. The first kappa shape index (κ1) is 18.2. The Hall–Kier alpha value is -1.55. The van der Waals surface area contributed by atoms with Gasteiger partial charge in [-0.1, -0.05) is 31.4 Å². The third-order valence-electron chi connectivity index (χ3n) is 5.89.